The molecule has 0 aliphatic carbocycles. The molecule has 1 heterocycles. The summed E-state index contributed by atoms with van der Waals surface area (Å²) in [5.41, 5.74) is 0. The number of nitrogens with one attached hydrogen (secondary N) is 2. The van der Waals surface area contributed by atoms with Gasteiger partial charge in [-0.2, -0.15) is 0 Å². The minimum absolute atomic E-state index is 0.0976. The van der Waals surface area contributed by atoms with E-state index in [0.717, 1.165) is 28.2 Å². The van der Waals surface area contributed by atoms with Gasteiger partial charge in [0.25, 0.3) is 0 Å². The highest BCUT2D eigenvalue weighted by Gasteiger charge is 2.04. The molecule has 0 radical (unpaired) electrons. The van der Waals surface area contributed by atoms with Gasteiger partial charge in [0.05, 0.1) is 10.2 Å². The summed E-state index contributed by atoms with van der Waals surface area (Å²) in [4.78, 5) is 12.5. The third-order valence-electron chi connectivity index (χ3n) is 1.89. The Hall–Kier alpha value is -0.390. The quantitative estimate of drug-likeness (QED) is 0.784. The van der Waals surface area contributed by atoms with Crippen molar-refractivity contribution in [2.75, 3.05) is 20.1 Å². The Kier molecular flexibility index (Phi) is 5.90. The molecule has 3 nitrogen and oxygen atoms in total. The number of carbonyl (C=O) groups excluding carboxylic acids is 1. The third kappa shape index (κ3) is 5.30. The van der Waals surface area contributed by atoms with Crippen LogP contribution in [0.4, 0.5) is 0 Å². The fourth-order valence-corrected chi connectivity index (χ4v) is 2.64. The second-order valence-electron chi connectivity index (χ2n) is 3.19. The van der Waals surface area contributed by atoms with Gasteiger partial charge in [-0.05, 0) is 48.1 Å². The van der Waals surface area contributed by atoms with Crippen LogP contribution in [-0.2, 0) is 11.2 Å². The first-order valence-electron chi connectivity index (χ1n) is 4.88. The molecule has 0 spiro atoms. The summed E-state index contributed by atoms with van der Waals surface area (Å²) in [7, 11) is 1.91. The van der Waals surface area contributed by atoms with E-state index in [-0.39, 0.29) is 5.91 Å². The smallest absolute Gasteiger partial charge is 0.225 e. The van der Waals surface area contributed by atoms with Gasteiger partial charge in [0, 0.05) is 11.4 Å². The van der Waals surface area contributed by atoms with Crippen molar-refractivity contribution in [3.05, 3.63) is 20.8 Å². The molecule has 1 rings (SSSR count). The van der Waals surface area contributed by atoms with Crippen molar-refractivity contribution in [2.24, 2.45) is 0 Å². The predicted molar refractivity (Wildman–Crippen MR) is 67.3 cm³/mol. The summed E-state index contributed by atoms with van der Waals surface area (Å²) in [6, 6.07) is 3.94. The number of amides is 1. The van der Waals surface area contributed by atoms with Crippen LogP contribution in [-0.4, -0.2) is 26.0 Å². The van der Waals surface area contributed by atoms with Crippen molar-refractivity contribution >= 4 is 33.2 Å². The van der Waals surface area contributed by atoms with Crippen LogP contribution < -0.4 is 10.6 Å². The molecular weight excluding hydrogens is 276 g/mol. The van der Waals surface area contributed by atoms with Crippen molar-refractivity contribution in [1.29, 1.82) is 0 Å². The van der Waals surface area contributed by atoms with Gasteiger partial charge in [0.2, 0.25) is 5.91 Å². The Labute approximate surface area is 102 Å². The van der Waals surface area contributed by atoms with Gasteiger partial charge in [-0.15, -0.1) is 11.3 Å². The van der Waals surface area contributed by atoms with Gasteiger partial charge < -0.3 is 10.6 Å². The molecule has 0 unspecified atom stereocenters. The first kappa shape index (κ1) is 12.7. The summed E-state index contributed by atoms with van der Waals surface area (Å²) in [5.74, 6) is 0.0976. The van der Waals surface area contributed by atoms with Crippen LogP contribution in [0.3, 0.4) is 0 Å². The molecule has 0 fully saturated rings. The predicted octanol–water partition coefficient (Wildman–Crippen LogP) is 1.78. The van der Waals surface area contributed by atoms with Gasteiger partial charge in [0.15, 0.2) is 0 Å². The standard InChI is InChI=1S/C10H15BrN2OS/c1-12-5-2-6-13-10(14)7-8-3-4-9(11)15-8/h3-4,12H,2,5-7H2,1H3,(H,13,14). The van der Waals surface area contributed by atoms with E-state index in [4.69, 9.17) is 0 Å². The topological polar surface area (TPSA) is 41.1 Å². The molecule has 1 amide bonds. The van der Waals surface area contributed by atoms with Gasteiger partial charge in [-0.1, -0.05) is 0 Å². The highest BCUT2D eigenvalue weighted by Crippen LogP contribution is 2.22. The lowest BCUT2D eigenvalue weighted by Crippen LogP contribution is -2.27. The van der Waals surface area contributed by atoms with Crippen molar-refractivity contribution in [1.82, 2.24) is 10.6 Å². The van der Waals surface area contributed by atoms with E-state index in [0.29, 0.717) is 6.42 Å². The van der Waals surface area contributed by atoms with E-state index < -0.39 is 0 Å². The summed E-state index contributed by atoms with van der Waals surface area (Å²) in [6.07, 6.45) is 1.45. The van der Waals surface area contributed by atoms with E-state index in [1.807, 2.05) is 19.2 Å². The van der Waals surface area contributed by atoms with E-state index in [9.17, 15) is 4.79 Å². The molecule has 0 aromatic carbocycles. The van der Waals surface area contributed by atoms with E-state index in [1.54, 1.807) is 11.3 Å². The molecule has 0 saturated carbocycles. The lowest BCUT2D eigenvalue weighted by Gasteiger charge is -2.03. The zero-order chi connectivity index (χ0) is 11.1. The molecule has 0 bridgehead atoms. The molecule has 0 aliphatic rings. The van der Waals surface area contributed by atoms with Gasteiger partial charge in [-0.25, -0.2) is 0 Å². The Morgan fingerprint density at radius 2 is 2.27 bits per heavy atom. The second kappa shape index (κ2) is 6.98. The van der Waals surface area contributed by atoms with Crippen LogP contribution in [0.5, 0.6) is 0 Å². The molecule has 1 aromatic rings. The number of thiophene rings is 1. The highest BCUT2D eigenvalue weighted by molar-refractivity contribution is 9.11. The summed E-state index contributed by atoms with van der Waals surface area (Å²) >= 11 is 4.98. The van der Waals surface area contributed by atoms with Gasteiger partial charge >= 0.3 is 0 Å². The van der Waals surface area contributed by atoms with Crippen LogP contribution in [0, 0.1) is 0 Å². The number of hydrogen-bond donors (Lipinski definition) is 2. The Morgan fingerprint density at radius 1 is 1.47 bits per heavy atom. The molecule has 1 aromatic heterocycles. The number of carbonyl (C=O) groups is 1. The highest BCUT2D eigenvalue weighted by atomic mass is 79.9. The Bertz CT molecular complexity index is 314. The zero-order valence-corrected chi connectivity index (χ0v) is 11.1. The SMILES string of the molecule is CNCCCNC(=O)Cc1ccc(Br)s1. The lowest BCUT2D eigenvalue weighted by molar-refractivity contribution is -0.120. The molecule has 15 heavy (non-hydrogen) atoms. The van der Waals surface area contributed by atoms with Crippen LogP contribution in [0.15, 0.2) is 15.9 Å². The monoisotopic (exact) mass is 290 g/mol. The van der Waals surface area contributed by atoms with Crippen molar-refractivity contribution in [3.8, 4) is 0 Å². The average Bonchev–Trinajstić information content (AvgIpc) is 2.59. The maximum absolute atomic E-state index is 11.4. The number of halogens is 1. The maximum Gasteiger partial charge on any atom is 0.225 e. The number of hydrogen-bond acceptors (Lipinski definition) is 3. The van der Waals surface area contributed by atoms with E-state index in [1.165, 1.54) is 0 Å². The van der Waals surface area contributed by atoms with E-state index in [2.05, 4.69) is 26.6 Å². The molecule has 0 saturated heterocycles. The summed E-state index contributed by atoms with van der Waals surface area (Å²) in [5, 5.41) is 5.93. The minimum atomic E-state index is 0.0976. The Morgan fingerprint density at radius 3 is 2.87 bits per heavy atom. The average molecular weight is 291 g/mol. The van der Waals surface area contributed by atoms with Crippen LogP contribution in [0.2, 0.25) is 0 Å². The molecule has 5 heteroatoms. The van der Waals surface area contributed by atoms with Gasteiger partial charge in [0.1, 0.15) is 0 Å². The van der Waals surface area contributed by atoms with Crippen LogP contribution >= 0.6 is 27.3 Å². The number of rotatable bonds is 6. The minimum Gasteiger partial charge on any atom is -0.356 e. The third-order valence-corrected chi connectivity index (χ3v) is 3.51. The van der Waals surface area contributed by atoms with Crippen LogP contribution in [0.25, 0.3) is 0 Å². The lowest BCUT2D eigenvalue weighted by atomic mass is 10.3. The molecule has 84 valence electrons. The van der Waals surface area contributed by atoms with Gasteiger partial charge in [-0.3, -0.25) is 4.79 Å². The Balaban J connectivity index is 2.18. The summed E-state index contributed by atoms with van der Waals surface area (Å²) in [6.45, 7) is 1.68. The van der Waals surface area contributed by atoms with Crippen molar-refractivity contribution in [3.63, 3.8) is 0 Å². The van der Waals surface area contributed by atoms with E-state index >= 15 is 0 Å². The summed E-state index contributed by atoms with van der Waals surface area (Å²) < 4.78 is 1.07. The van der Waals surface area contributed by atoms with Crippen LogP contribution in [0.1, 0.15) is 11.3 Å². The first-order chi connectivity index (χ1) is 7.22. The molecular formula is C10H15BrN2OS. The zero-order valence-electron chi connectivity index (χ0n) is 8.68. The first-order valence-corrected chi connectivity index (χ1v) is 6.49. The van der Waals surface area contributed by atoms with Crippen molar-refractivity contribution < 1.29 is 4.79 Å². The largest absolute Gasteiger partial charge is 0.356 e. The normalized spacial score (nSPS) is 10.3. The second-order valence-corrected chi connectivity index (χ2v) is 5.74. The fraction of sp³-hybridized carbons (Fsp3) is 0.500. The molecule has 0 atom stereocenters. The molecule has 0 aliphatic heterocycles. The molecule has 2 N–H and O–H groups in total. The van der Waals surface area contributed by atoms with Crippen molar-refractivity contribution in [2.45, 2.75) is 12.8 Å². The fourth-order valence-electron chi connectivity index (χ4n) is 1.16. The maximum atomic E-state index is 11.4.